The molecule has 0 aromatic rings. The maximum Gasteiger partial charge on any atom is 0.306 e. The first-order valence-corrected chi connectivity index (χ1v) is 28.6. The van der Waals surface area contributed by atoms with Crippen LogP contribution in [0.25, 0.3) is 0 Å². The normalized spacial score (nSPS) is 12.6. The van der Waals surface area contributed by atoms with Gasteiger partial charge in [0.1, 0.15) is 13.2 Å². The van der Waals surface area contributed by atoms with E-state index in [0.717, 1.165) is 75.5 Å². The van der Waals surface area contributed by atoms with E-state index in [1.54, 1.807) is 0 Å². The fourth-order valence-electron chi connectivity index (χ4n) is 8.79. The maximum absolute atomic E-state index is 12.8. The number of carbonyl (C=O) groups is 3. The van der Waals surface area contributed by atoms with Crippen LogP contribution in [0, 0.1) is 17.8 Å². The summed E-state index contributed by atoms with van der Waals surface area (Å²) < 4.78 is 16.8. The van der Waals surface area contributed by atoms with Crippen LogP contribution in [-0.2, 0) is 28.6 Å². The van der Waals surface area contributed by atoms with Gasteiger partial charge in [-0.2, -0.15) is 0 Å². The molecular formula is C58H112O6. The molecule has 0 aliphatic rings. The highest BCUT2D eigenvalue weighted by atomic mass is 16.6. The Morgan fingerprint density at radius 1 is 0.312 bits per heavy atom. The molecule has 0 aliphatic carbocycles. The number of esters is 3. The molecular weight excluding hydrogens is 793 g/mol. The van der Waals surface area contributed by atoms with E-state index >= 15 is 0 Å². The first-order valence-electron chi connectivity index (χ1n) is 28.6. The predicted octanol–water partition coefficient (Wildman–Crippen LogP) is 18.7. The van der Waals surface area contributed by atoms with Gasteiger partial charge in [-0.05, 0) is 37.0 Å². The van der Waals surface area contributed by atoms with Crippen LogP contribution in [0.5, 0.6) is 0 Å². The SMILES string of the molecule is CCC(C)CCCCCCCCCCCCCCCCCCCCC(=O)OC[C@H](COC(=O)CCCCCCCCCC(C)C)OC(=O)CCCCCCCCCCCCCC(C)C. The van der Waals surface area contributed by atoms with Crippen molar-refractivity contribution in [2.45, 2.75) is 324 Å². The lowest BCUT2D eigenvalue weighted by Gasteiger charge is -2.18. The molecule has 6 heteroatoms. The topological polar surface area (TPSA) is 78.9 Å². The van der Waals surface area contributed by atoms with E-state index in [1.807, 2.05) is 0 Å². The molecule has 0 saturated carbocycles. The molecule has 0 fully saturated rings. The summed E-state index contributed by atoms with van der Waals surface area (Å²) in [6, 6.07) is 0. The lowest BCUT2D eigenvalue weighted by atomic mass is 9.99. The summed E-state index contributed by atoms with van der Waals surface area (Å²) in [7, 11) is 0. The van der Waals surface area contributed by atoms with Crippen molar-refractivity contribution in [3.05, 3.63) is 0 Å². The zero-order valence-corrected chi connectivity index (χ0v) is 44.1. The quantitative estimate of drug-likeness (QED) is 0.0344. The molecule has 0 amide bonds. The van der Waals surface area contributed by atoms with Crippen LogP contribution in [0.4, 0.5) is 0 Å². The second-order valence-corrected chi connectivity index (χ2v) is 21.1. The number of ether oxygens (including phenoxy) is 3. The van der Waals surface area contributed by atoms with E-state index in [1.165, 1.54) is 199 Å². The van der Waals surface area contributed by atoms with Gasteiger partial charge in [0, 0.05) is 19.3 Å². The molecule has 0 aromatic heterocycles. The standard InChI is InChI=1S/C58H112O6/c1-7-54(6)46-40-34-28-22-18-14-12-10-8-9-11-13-15-19-23-29-35-41-47-56(59)62-50-55(51-63-57(60)48-42-36-31-25-27-33-39-45-53(4)5)64-58(61)49-43-37-30-24-20-16-17-21-26-32-38-44-52(2)3/h52-55H,7-51H2,1-6H3/t54?,55-/m1/s1. The van der Waals surface area contributed by atoms with E-state index in [0.29, 0.717) is 19.3 Å². The van der Waals surface area contributed by atoms with Crippen molar-refractivity contribution in [3.8, 4) is 0 Å². The van der Waals surface area contributed by atoms with Gasteiger partial charge in [-0.3, -0.25) is 14.4 Å². The second kappa shape index (κ2) is 49.3. The Hall–Kier alpha value is -1.59. The Balaban J connectivity index is 4.20. The molecule has 0 N–H and O–H groups in total. The van der Waals surface area contributed by atoms with Gasteiger partial charge in [0.25, 0.3) is 0 Å². The van der Waals surface area contributed by atoms with Crippen molar-refractivity contribution in [1.29, 1.82) is 0 Å². The number of carbonyl (C=O) groups excluding carboxylic acids is 3. The molecule has 2 atom stereocenters. The van der Waals surface area contributed by atoms with Gasteiger partial charge < -0.3 is 14.2 Å². The Morgan fingerprint density at radius 3 is 0.812 bits per heavy atom. The molecule has 0 bridgehead atoms. The lowest BCUT2D eigenvalue weighted by Crippen LogP contribution is -2.30. The third kappa shape index (κ3) is 49.8. The van der Waals surface area contributed by atoms with Crippen molar-refractivity contribution >= 4 is 17.9 Å². The minimum absolute atomic E-state index is 0.0644. The second-order valence-electron chi connectivity index (χ2n) is 21.1. The van der Waals surface area contributed by atoms with E-state index in [4.69, 9.17) is 14.2 Å². The Kier molecular flexibility index (Phi) is 48.1. The van der Waals surface area contributed by atoms with Gasteiger partial charge >= 0.3 is 17.9 Å². The molecule has 380 valence electrons. The van der Waals surface area contributed by atoms with Gasteiger partial charge in [0.2, 0.25) is 0 Å². The van der Waals surface area contributed by atoms with Gasteiger partial charge in [0.15, 0.2) is 6.10 Å². The molecule has 0 spiro atoms. The van der Waals surface area contributed by atoms with E-state index in [-0.39, 0.29) is 31.1 Å². The van der Waals surface area contributed by atoms with Gasteiger partial charge in [-0.1, -0.05) is 279 Å². The monoisotopic (exact) mass is 905 g/mol. The fraction of sp³-hybridized carbons (Fsp3) is 0.948. The van der Waals surface area contributed by atoms with Crippen LogP contribution >= 0.6 is 0 Å². The van der Waals surface area contributed by atoms with Gasteiger partial charge in [-0.15, -0.1) is 0 Å². The first-order chi connectivity index (χ1) is 31.1. The van der Waals surface area contributed by atoms with E-state index < -0.39 is 6.10 Å². The van der Waals surface area contributed by atoms with Crippen molar-refractivity contribution in [2.24, 2.45) is 17.8 Å². The minimum atomic E-state index is -0.763. The van der Waals surface area contributed by atoms with E-state index in [2.05, 4.69) is 41.5 Å². The zero-order chi connectivity index (χ0) is 47.0. The first kappa shape index (κ1) is 62.4. The minimum Gasteiger partial charge on any atom is -0.462 e. The number of hydrogen-bond acceptors (Lipinski definition) is 6. The Bertz CT molecular complexity index is 993. The zero-order valence-electron chi connectivity index (χ0n) is 44.1. The summed E-state index contributed by atoms with van der Waals surface area (Å²) in [6.45, 7) is 13.7. The smallest absolute Gasteiger partial charge is 0.306 e. The van der Waals surface area contributed by atoms with Crippen LogP contribution in [0.1, 0.15) is 318 Å². The molecule has 0 radical (unpaired) electrons. The molecule has 0 saturated heterocycles. The Morgan fingerprint density at radius 2 is 0.547 bits per heavy atom. The van der Waals surface area contributed by atoms with Crippen molar-refractivity contribution < 1.29 is 28.6 Å². The van der Waals surface area contributed by atoms with Crippen LogP contribution in [-0.4, -0.2) is 37.2 Å². The van der Waals surface area contributed by atoms with E-state index in [9.17, 15) is 14.4 Å². The van der Waals surface area contributed by atoms with Crippen molar-refractivity contribution in [2.75, 3.05) is 13.2 Å². The van der Waals surface area contributed by atoms with Crippen LogP contribution in [0.2, 0.25) is 0 Å². The highest BCUT2D eigenvalue weighted by Gasteiger charge is 2.19. The molecule has 6 nitrogen and oxygen atoms in total. The molecule has 0 aliphatic heterocycles. The summed E-state index contributed by atoms with van der Waals surface area (Å²) in [4.78, 5) is 38.0. The molecule has 64 heavy (non-hydrogen) atoms. The largest absolute Gasteiger partial charge is 0.462 e. The van der Waals surface area contributed by atoms with Crippen molar-refractivity contribution in [1.82, 2.24) is 0 Å². The molecule has 0 heterocycles. The highest BCUT2D eigenvalue weighted by molar-refractivity contribution is 5.71. The maximum atomic E-state index is 12.8. The molecule has 0 aromatic carbocycles. The number of hydrogen-bond donors (Lipinski definition) is 0. The van der Waals surface area contributed by atoms with Crippen LogP contribution in [0.15, 0.2) is 0 Å². The summed E-state index contributed by atoms with van der Waals surface area (Å²) >= 11 is 0. The summed E-state index contributed by atoms with van der Waals surface area (Å²) in [6.07, 6.45) is 51.0. The predicted molar refractivity (Wildman–Crippen MR) is 275 cm³/mol. The van der Waals surface area contributed by atoms with Crippen LogP contribution in [0.3, 0.4) is 0 Å². The number of rotatable bonds is 51. The average molecular weight is 906 g/mol. The number of unbranched alkanes of at least 4 members (excludes halogenated alkanes) is 33. The highest BCUT2D eigenvalue weighted by Crippen LogP contribution is 2.19. The fourth-order valence-corrected chi connectivity index (χ4v) is 8.79. The van der Waals surface area contributed by atoms with Crippen LogP contribution < -0.4 is 0 Å². The van der Waals surface area contributed by atoms with Crippen molar-refractivity contribution in [3.63, 3.8) is 0 Å². The summed E-state index contributed by atoms with van der Waals surface area (Å²) in [5.74, 6) is 1.67. The van der Waals surface area contributed by atoms with Gasteiger partial charge in [-0.25, -0.2) is 0 Å². The summed E-state index contributed by atoms with van der Waals surface area (Å²) in [5, 5.41) is 0. The summed E-state index contributed by atoms with van der Waals surface area (Å²) in [5.41, 5.74) is 0. The average Bonchev–Trinajstić information content (AvgIpc) is 3.27. The third-order valence-electron chi connectivity index (χ3n) is 13.5. The van der Waals surface area contributed by atoms with Gasteiger partial charge in [0.05, 0.1) is 0 Å². The third-order valence-corrected chi connectivity index (χ3v) is 13.5. The Labute approximate surface area is 399 Å². The lowest BCUT2D eigenvalue weighted by molar-refractivity contribution is -0.167. The molecule has 1 unspecified atom stereocenters. The molecule has 0 rings (SSSR count).